The fourth-order valence-electron chi connectivity index (χ4n) is 3.49. The Balaban J connectivity index is 1.68. The quantitative estimate of drug-likeness (QED) is 0.871. The highest BCUT2D eigenvalue weighted by Gasteiger charge is 2.37. The maximum atomic E-state index is 4.40. The van der Waals surface area contributed by atoms with Gasteiger partial charge in [-0.1, -0.05) is 12.8 Å². The summed E-state index contributed by atoms with van der Waals surface area (Å²) in [6, 6.07) is 2.05. The molecule has 0 radical (unpaired) electrons. The van der Waals surface area contributed by atoms with E-state index in [0.717, 1.165) is 24.7 Å². The topological polar surface area (TPSA) is 41.0 Å². The molecule has 4 heteroatoms. The Hall–Kier alpha value is -1.32. The van der Waals surface area contributed by atoms with Crippen LogP contribution in [0.15, 0.2) is 12.4 Å². The molecule has 0 amide bonds. The number of rotatable bonds is 2. The predicted octanol–water partition coefficient (Wildman–Crippen LogP) is 2.68. The molecule has 0 atom stereocenters. The van der Waals surface area contributed by atoms with E-state index in [4.69, 9.17) is 0 Å². The first-order chi connectivity index (χ1) is 8.81. The first kappa shape index (κ1) is 11.8. The molecule has 4 nitrogen and oxygen atoms in total. The number of nitrogens with zero attached hydrogens (tertiary/aromatic N) is 3. The average Bonchev–Trinajstić information content (AvgIpc) is 2.88. The molecule has 1 aromatic rings. The molecule has 3 rings (SSSR count). The van der Waals surface area contributed by atoms with Crippen LogP contribution < -0.4 is 10.2 Å². The van der Waals surface area contributed by atoms with Crippen LogP contribution in [0.25, 0.3) is 0 Å². The third-order valence-electron chi connectivity index (χ3n) is 4.72. The lowest BCUT2D eigenvalue weighted by molar-refractivity contribution is 0.226. The van der Waals surface area contributed by atoms with Crippen LogP contribution in [-0.2, 0) is 0 Å². The van der Waals surface area contributed by atoms with E-state index in [1.807, 2.05) is 13.1 Å². The molecule has 1 spiro atoms. The van der Waals surface area contributed by atoms with Crippen molar-refractivity contribution < 1.29 is 0 Å². The van der Waals surface area contributed by atoms with Crippen LogP contribution >= 0.6 is 0 Å². The van der Waals surface area contributed by atoms with Gasteiger partial charge in [0, 0.05) is 26.2 Å². The van der Waals surface area contributed by atoms with Crippen molar-refractivity contribution in [2.75, 3.05) is 30.4 Å². The van der Waals surface area contributed by atoms with Gasteiger partial charge in [-0.3, -0.25) is 0 Å². The normalized spacial score (nSPS) is 22.4. The molecule has 1 saturated carbocycles. The highest BCUT2D eigenvalue weighted by atomic mass is 15.2. The fourth-order valence-corrected chi connectivity index (χ4v) is 3.49. The van der Waals surface area contributed by atoms with E-state index in [2.05, 4.69) is 20.2 Å². The minimum absolute atomic E-state index is 0.676. The zero-order valence-corrected chi connectivity index (χ0v) is 11.2. The summed E-state index contributed by atoms with van der Waals surface area (Å²) in [5, 5.41) is 3.08. The van der Waals surface area contributed by atoms with Crippen LogP contribution in [0.3, 0.4) is 0 Å². The lowest BCUT2D eigenvalue weighted by Crippen LogP contribution is -2.39. The fraction of sp³-hybridized carbons (Fsp3) is 0.714. The van der Waals surface area contributed by atoms with E-state index in [9.17, 15) is 0 Å². The van der Waals surface area contributed by atoms with Crippen LogP contribution in [0, 0.1) is 5.41 Å². The molecule has 0 bridgehead atoms. The molecule has 1 saturated heterocycles. The largest absolute Gasteiger partial charge is 0.373 e. The Kier molecular flexibility index (Phi) is 3.10. The molecular formula is C14H22N4. The molecule has 1 aliphatic heterocycles. The number of aromatic nitrogens is 2. The molecule has 1 aromatic heterocycles. The van der Waals surface area contributed by atoms with Crippen LogP contribution in [0.2, 0.25) is 0 Å². The lowest BCUT2D eigenvalue weighted by Gasteiger charge is -2.39. The van der Waals surface area contributed by atoms with E-state index in [1.54, 1.807) is 6.33 Å². The van der Waals surface area contributed by atoms with Crippen LogP contribution in [-0.4, -0.2) is 30.1 Å². The average molecular weight is 246 g/mol. The molecule has 2 fully saturated rings. The first-order valence-corrected chi connectivity index (χ1v) is 7.06. The van der Waals surface area contributed by atoms with E-state index < -0.39 is 0 Å². The van der Waals surface area contributed by atoms with Crippen molar-refractivity contribution in [3.63, 3.8) is 0 Å². The van der Waals surface area contributed by atoms with Crippen molar-refractivity contribution in [3.05, 3.63) is 12.4 Å². The van der Waals surface area contributed by atoms with E-state index in [1.165, 1.54) is 38.5 Å². The molecule has 2 aliphatic rings. The Labute approximate surface area is 109 Å². The maximum absolute atomic E-state index is 4.40. The zero-order chi connectivity index (χ0) is 12.4. The molecule has 98 valence electrons. The monoisotopic (exact) mass is 246 g/mol. The van der Waals surface area contributed by atoms with Crippen molar-refractivity contribution in [1.82, 2.24) is 9.97 Å². The third kappa shape index (κ3) is 2.16. The van der Waals surface area contributed by atoms with Crippen molar-refractivity contribution in [1.29, 1.82) is 0 Å². The molecule has 2 heterocycles. The molecule has 18 heavy (non-hydrogen) atoms. The van der Waals surface area contributed by atoms with Crippen LogP contribution in [0.1, 0.15) is 38.5 Å². The molecule has 0 aromatic carbocycles. The van der Waals surface area contributed by atoms with E-state index >= 15 is 0 Å². The summed E-state index contributed by atoms with van der Waals surface area (Å²) in [5.74, 6) is 1.98. The van der Waals surface area contributed by atoms with Gasteiger partial charge in [-0.15, -0.1) is 0 Å². The predicted molar refractivity (Wildman–Crippen MR) is 73.9 cm³/mol. The molecule has 1 N–H and O–H groups in total. The summed E-state index contributed by atoms with van der Waals surface area (Å²) in [4.78, 5) is 11.0. The van der Waals surface area contributed by atoms with Gasteiger partial charge in [0.1, 0.15) is 18.0 Å². The van der Waals surface area contributed by atoms with Gasteiger partial charge >= 0.3 is 0 Å². The number of nitrogens with one attached hydrogen (secondary N) is 1. The molecular weight excluding hydrogens is 224 g/mol. The van der Waals surface area contributed by atoms with E-state index in [-0.39, 0.29) is 0 Å². The zero-order valence-electron chi connectivity index (χ0n) is 11.2. The minimum Gasteiger partial charge on any atom is -0.373 e. The lowest BCUT2D eigenvalue weighted by atomic mass is 9.77. The Bertz CT molecular complexity index is 402. The van der Waals surface area contributed by atoms with E-state index in [0.29, 0.717) is 5.41 Å². The van der Waals surface area contributed by atoms with Crippen molar-refractivity contribution in [2.45, 2.75) is 38.5 Å². The third-order valence-corrected chi connectivity index (χ3v) is 4.72. The Morgan fingerprint density at radius 2 is 1.83 bits per heavy atom. The van der Waals surface area contributed by atoms with Gasteiger partial charge in [0.05, 0.1) is 0 Å². The minimum atomic E-state index is 0.676. The number of hydrogen-bond donors (Lipinski definition) is 1. The summed E-state index contributed by atoms with van der Waals surface area (Å²) >= 11 is 0. The van der Waals surface area contributed by atoms with Gasteiger partial charge < -0.3 is 10.2 Å². The highest BCUT2D eigenvalue weighted by Crippen LogP contribution is 2.46. The van der Waals surface area contributed by atoms with Crippen LogP contribution in [0.4, 0.5) is 11.6 Å². The number of hydrogen-bond acceptors (Lipinski definition) is 4. The summed E-state index contributed by atoms with van der Waals surface area (Å²) in [7, 11) is 1.90. The SMILES string of the molecule is CNc1cc(N2CCC3(CCCC3)CC2)ncn1. The smallest absolute Gasteiger partial charge is 0.134 e. The number of anilines is 2. The van der Waals surface area contributed by atoms with Gasteiger partial charge in [0.15, 0.2) is 0 Å². The second kappa shape index (κ2) is 4.75. The summed E-state index contributed by atoms with van der Waals surface area (Å²) < 4.78 is 0. The highest BCUT2D eigenvalue weighted by molar-refractivity contribution is 5.48. The van der Waals surface area contributed by atoms with Crippen molar-refractivity contribution in [3.8, 4) is 0 Å². The second-order valence-electron chi connectivity index (χ2n) is 5.71. The van der Waals surface area contributed by atoms with Crippen LogP contribution in [0.5, 0.6) is 0 Å². The van der Waals surface area contributed by atoms with Crippen molar-refractivity contribution in [2.24, 2.45) is 5.41 Å². The summed E-state index contributed by atoms with van der Waals surface area (Å²) in [6.07, 6.45) is 10.1. The first-order valence-electron chi connectivity index (χ1n) is 7.06. The molecule has 0 unspecified atom stereocenters. The van der Waals surface area contributed by atoms with Gasteiger partial charge in [-0.25, -0.2) is 9.97 Å². The van der Waals surface area contributed by atoms with Gasteiger partial charge in [-0.2, -0.15) is 0 Å². The Morgan fingerprint density at radius 3 is 2.50 bits per heavy atom. The summed E-state index contributed by atoms with van der Waals surface area (Å²) in [5.41, 5.74) is 0.676. The van der Waals surface area contributed by atoms with Gasteiger partial charge in [0.25, 0.3) is 0 Å². The second-order valence-corrected chi connectivity index (χ2v) is 5.71. The number of piperidine rings is 1. The van der Waals surface area contributed by atoms with Crippen molar-refractivity contribution >= 4 is 11.6 Å². The summed E-state index contributed by atoms with van der Waals surface area (Å²) in [6.45, 7) is 2.31. The van der Waals surface area contributed by atoms with Gasteiger partial charge in [-0.05, 0) is 31.1 Å². The maximum Gasteiger partial charge on any atom is 0.134 e. The van der Waals surface area contributed by atoms with Gasteiger partial charge in [0.2, 0.25) is 0 Å². The molecule has 1 aliphatic carbocycles. The standard InChI is InChI=1S/C14H22N4/c1-15-12-10-13(17-11-16-12)18-8-6-14(7-9-18)4-2-3-5-14/h10-11H,2-9H2,1H3,(H,15,16,17). The Morgan fingerprint density at radius 1 is 1.11 bits per heavy atom.